The monoisotopic (exact) mass is 468 g/mol. The van der Waals surface area contributed by atoms with Crippen molar-refractivity contribution in [3.05, 3.63) is 47.5 Å². The Kier molecular flexibility index (Phi) is 10.5. The molecule has 2 aromatic carbocycles. The van der Waals surface area contributed by atoms with Gasteiger partial charge in [-0.3, -0.25) is 0 Å². The fourth-order valence-electron chi connectivity index (χ4n) is 4.48. The lowest BCUT2D eigenvalue weighted by molar-refractivity contribution is 0.263. The number of nitriles is 1. The van der Waals surface area contributed by atoms with Crippen molar-refractivity contribution in [1.82, 2.24) is 4.90 Å². The van der Waals surface area contributed by atoms with Crippen molar-refractivity contribution in [1.29, 1.82) is 5.26 Å². The Morgan fingerprint density at radius 1 is 0.941 bits per heavy atom. The van der Waals surface area contributed by atoms with Gasteiger partial charge in [0.1, 0.15) is 5.75 Å². The van der Waals surface area contributed by atoms with Crippen LogP contribution in [0, 0.1) is 17.2 Å². The molecule has 0 aromatic heterocycles. The Bertz CT molecular complexity index is 929. The molecule has 0 amide bonds. The Labute approximate surface area is 205 Å². The van der Waals surface area contributed by atoms with Crippen LogP contribution >= 0.6 is 0 Å². The predicted molar refractivity (Wildman–Crippen MR) is 136 cm³/mol. The molecule has 6 nitrogen and oxygen atoms in total. The molecule has 1 atom stereocenters. The molecule has 0 aliphatic rings. The zero-order valence-electron chi connectivity index (χ0n) is 21.8. The van der Waals surface area contributed by atoms with Crippen molar-refractivity contribution in [3.8, 4) is 29.1 Å². The van der Waals surface area contributed by atoms with Gasteiger partial charge in [0.05, 0.1) is 39.9 Å². The summed E-state index contributed by atoms with van der Waals surface area (Å²) in [5.74, 6) is 2.70. The second kappa shape index (κ2) is 13.1. The number of hydrogen-bond acceptors (Lipinski definition) is 6. The van der Waals surface area contributed by atoms with Gasteiger partial charge < -0.3 is 23.8 Å². The molecule has 6 heteroatoms. The largest absolute Gasteiger partial charge is 0.497 e. The first kappa shape index (κ1) is 27.3. The van der Waals surface area contributed by atoms with E-state index in [-0.39, 0.29) is 5.92 Å². The van der Waals surface area contributed by atoms with Crippen molar-refractivity contribution in [2.75, 3.05) is 48.1 Å². The average Bonchev–Trinajstić information content (AvgIpc) is 2.87. The number of hydrogen-bond donors (Lipinski definition) is 0. The Morgan fingerprint density at radius 2 is 1.62 bits per heavy atom. The highest BCUT2D eigenvalue weighted by molar-refractivity contribution is 5.56. The van der Waals surface area contributed by atoms with Crippen molar-refractivity contribution in [3.63, 3.8) is 0 Å². The number of likely N-dealkylation sites (N-methyl/N-ethyl adjacent to an activating group) is 1. The molecular weight excluding hydrogens is 428 g/mol. The highest BCUT2D eigenvalue weighted by Crippen LogP contribution is 2.45. The zero-order valence-corrected chi connectivity index (χ0v) is 21.8. The number of ether oxygens (including phenoxy) is 4. The summed E-state index contributed by atoms with van der Waals surface area (Å²) in [6.45, 7) is 9.26. The molecule has 2 aromatic rings. The first-order valence-corrected chi connectivity index (χ1v) is 12.0. The summed E-state index contributed by atoms with van der Waals surface area (Å²) < 4.78 is 21.9. The number of nitrogens with zero attached hydrogens (tertiary/aromatic N) is 2. The van der Waals surface area contributed by atoms with E-state index in [1.807, 2.05) is 24.3 Å². The van der Waals surface area contributed by atoms with Gasteiger partial charge in [-0.05, 0) is 73.7 Å². The van der Waals surface area contributed by atoms with Crippen LogP contribution in [0.5, 0.6) is 23.0 Å². The van der Waals surface area contributed by atoms with Crippen LogP contribution in [0.3, 0.4) is 0 Å². The van der Waals surface area contributed by atoms with Gasteiger partial charge in [0.2, 0.25) is 5.75 Å². The van der Waals surface area contributed by atoms with Crippen LogP contribution in [0.25, 0.3) is 0 Å². The standard InChI is InChI=1S/C28H40N2O4/c1-8-30(16-13-22-11-9-12-24(17-22)31-4)15-10-14-28(20-29,21(2)3)23-18-25(32-5)27(34-7)26(19-23)33-6/h9,11-12,17-19,21H,8,10,13-16H2,1-7H3. The summed E-state index contributed by atoms with van der Waals surface area (Å²) in [7, 11) is 6.49. The van der Waals surface area contributed by atoms with Crippen molar-refractivity contribution in [2.45, 2.75) is 45.4 Å². The second-order valence-corrected chi connectivity index (χ2v) is 8.79. The molecule has 2 rings (SSSR count). The maximum Gasteiger partial charge on any atom is 0.203 e. The van der Waals surface area contributed by atoms with Gasteiger partial charge in [0.25, 0.3) is 0 Å². The molecule has 0 bridgehead atoms. The number of rotatable bonds is 14. The molecule has 0 radical (unpaired) electrons. The number of benzene rings is 2. The summed E-state index contributed by atoms with van der Waals surface area (Å²) in [6, 6.07) is 14.7. The first-order valence-electron chi connectivity index (χ1n) is 12.0. The van der Waals surface area contributed by atoms with Crippen LogP contribution in [0.1, 0.15) is 44.7 Å². The topological polar surface area (TPSA) is 64.0 Å². The van der Waals surface area contributed by atoms with E-state index < -0.39 is 5.41 Å². The summed E-state index contributed by atoms with van der Waals surface area (Å²) in [6.07, 6.45) is 2.62. The van der Waals surface area contributed by atoms with Gasteiger partial charge in [-0.15, -0.1) is 0 Å². The maximum absolute atomic E-state index is 10.4. The molecule has 0 heterocycles. The summed E-state index contributed by atoms with van der Waals surface area (Å²) in [5.41, 5.74) is 1.52. The highest BCUT2D eigenvalue weighted by Gasteiger charge is 2.37. The van der Waals surface area contributed by atoms with Crippen LogP contribution in [0.2, 0.25) is 0 Å². The van der Waals surface area contributed by atoms with Gasteiger partial charge in [-0.1, -0.05) is 32.9 Å². The summed E-state index contributed by atoms with van der Waals surface area (Å²) >= 11 is 0. The Hall–Kier alpha value is -2.91. The van der Waals surface area contributed by atoms with Crippen molar-refractivity contribution >= 4 is 0 Å². The van der Waals surface area contributed by atoms with Gasteiger partial charge >= 0.3 is 0 Å². The third kappa shape index (κ3) is 6.36. The molecule has 34 heavy (non-hydrogen) atoms. The molecular formula is C28H40N2O4. The normalized spacial score (nSPS) is 12.8. The van der Waals surface area contributed by atoms with E-state index in [1.165, 1.54) is 5.56 Å². The lowest BCUT2D eigenvalue weighted by Crippen LogP contribution is -2.33. The van der Waals surface area contributed by atoms with E-state index in [9.17, 15) is 5.26 Å². The van der Waals surface area contributed by atoms with Gasteiger partial charge in [-0.25, -0.2) is 0 Å². The van der Waals surface area contributed by atoms with Gasteiger partial charge in [0, 0.05) is 6.54 Å². The molecule has 186 valence electrons. The van der Waals surface area contributed by atoms with E-state index in [4.69, 9.17) is 18.9 Å². The molecule has 0 fully saturated rings. The van der Waals surface area contributed by atoms with Crippen molar-refractivity contribution in [2.24, 2.45) is 5.92 Å². The van der Waals surface area contributed by atoms with E-state index in [2.05, 4.69) is 43.9 Å². The van der Waals surface area contributed by atoms with E-state index >= 15 is 0 Å². The Balaban J connectivity index is 2.16. The minimum absolute atomic E-state index is 0.118. The van der Waals surface area contributed by atoms with Crippen LogP contribution < -0.4 is 18.9 Å². The Morgan fingerprint density at radius 3 is 2.12 bits per heavy atom. The third-order valence-corrected chi connectivity index (χ3v) is 6.71. The first-order chi connectivity index (χ1) is 16.4. The minimum Gasteiger partial charge on any atom is -0.497 e. The predicted octanol–water partition coefficient (Wildman–Crippen LogP) is 5.48. The summed E-state index contributed by atoms with van der Waals surface area (Å²) in [4.78, 5) is 2.44. The molecule has 1 unspecified atom stereocenters. The highest BCUT2D eigenvalue weighted by atomic mass is 16.5. The van der Waals surface area contributed by atoms with Crippen LogP contribution in [-0.2, 0) is 11.8 Å². The molecule has 0 aliphatic carbocycles. The summed E-state index contributed by atoms with van der Waals surface area (Å²) in [5, 5.41) is 10.4. The molecule has 0 aliphatic heterocycles. The molecule has 0 spiro atoms. The fraction of sp³-hybridized carbons (Fsp3) is 0.536. The van der Waals surface area contributed by atoms with Gasteiger partial charge in [-0.2, -0.15) is 5.26 Å². The van der Waals surface area contributed by atoms with E-state index in [0.717, 1.165) is 50.2 Å². The van der Waals surface area contributed by atoms with E-state index in [1.54, 1.807) is 28.4 Å². The van der Waals surface area contributed by atoms with Crippen LogP contribution in [-0.4, -0.2) is 53.0 Å². The zero-order chi connectivity index (χ0) is 25.1. The van der Waals surface area contributed by atoms with Crippen LogP contribution in [0.15, 0.2) is 36.4 Å². The van der Waals surface area contributed by atoms with Crippen LogP contribution in [0.4, 0.5) is 0 Å². The second-order valence-electron chi connectivity index (χ2n) is 8.79. The van der Waals surface area contributed by atoms with E-state index in [0.29, 0.717) is 17.2 Å². The quantitative estimate of drug-likeness (QED) is 0.366. The van der Waals surface area contributed by atoms with Gasteiger partial charge in [0.15, 0.2) is 11.5 Å². The SMILES string of the molecule is CCN(CCCC(C#N)(c1cc(OC)c(OC)c(OC)c1)C(C)C)CCc1cccc(OC)c1. The minimum atomic E-state index is -0.654. The number of methoxy groups -OCH3 is 4. The molecule has 0 N–H and O–H groups in total. The lowest BCUT2D eigenvalue weighted by Gasteiger charge is -2.33. The molecule has 0 saturated carbocycles. The lowest BCUT2D eigenvalue weighted by atomic mass is 9.69. The maximum atomic E-state index is 10.4. The smallest absolute Gasteiger partial charge is 0.203 e. The fourth-order valence-corrected chi connectivity index (χ4v) is 4.48. The average molecular weight is 469 g/mol. The van der Waals surface area contributed by atoms with Crippen molar-refractivity contribution < 1.29 is 18.9 Å². The third-order valence-electron chi connectivity index (χ3n) is 6.71. The molecule has 0 saturated heterocycles.